The lowest BCUT2D eigenvalue weighted by Gasteiger charge is -2.10. The lowest BCUT2D eigenvalue weighted by Crippen LogP contribution is -2.20. The maximum absolute atomic E-state index is 12.9. The Hall–Kier alpha value is -4.73. The van der Waals surface area contributed by atoms with Gasteiger partial charge in [-0.25, -0.2) is 4.68 Å². The molecule has 0 fully saturated rings. The van der Waals surface area contributed by atoms with E-state index in [4.69, 9.17) is 4.74 Å². The highest BCUT2D eigenvalue weighted by Crippen LogP contribution is 2.20. The van der Waals surface area contributed by atoms with Crippen molar-refractivity contribution in [3.63, 3.8) is 0 Å². The number of methoxy groups -OCH3 is 1. The highest BCUT2D eigenvalue weighted by Gasteiger charge is 2.17. The van der Waals surface area contributed by atoms with Gasteiger partial charge in [0, 0.05) is 6.07 Å². The summed E-state index contributed by atoms with van der Waals surface area (Å²) in [7, 11) is 1.59. The number of rotatable bonds is 6. The van der Waals surface area contributed by atoms with E-state index >= 15 is 0 Å². The van der Waals surface area contributed by atoms with Gasteiger partial charge in [-0.3, -0.25) is 14.6 Å². The molecule has 5 rings (SSSR count). The van der Waals surface area contributed by atoms with Gasteiger partial charge in [-0.05, 0) is 61.7 Å². The number of hydrogen-bond donors (Lipinski definition) is 2. The molecule has 0 radical (unpaired) electrons. The van der Waals surface area contributed by atoms with Gasteiger partial charge in [0.05, 0.1) is 31.1 Å². The molecule has 3 heterocycles. The fraction of sp³-hybridized carbons (Fsp3) is 0.192. The number of carbonyl (C=O) groups excluding carboxylic acids is 1. The highest BCUT2D eigenvalue weighted by atomic mass is 16.5. The second-order valence-electron chi connectivity index (χ2n) is 8.61. The summed E-state index contributed by atoms with van der Waals surface area (Å²) < 4.78 is 8.21. The van der Waals surface area contributed by atoms with Crippen molar-refractivity contribution in [1.82, 2.24) is 29.5 Å². The molecule has 182 valence electrons. The Bertz CT molecular complexity index is 1640. The fourth-order valence-electron chi connectivity index (χ4n) is 3.92. The van der Waals surface area contributed by atoms with Crippen molar-refractivity contribution in [3.8, 4) is 17.4 Å². The Morgan fingerprint density at radius 3 is 2.53 bits per heavy atom. The number of anilines is 1. The molecule has 0 aliphatic heterocycles. The second-order valence-corrected chi connectivity index (χ2v) is 8.61. The molecule has 3 aromatic heterocycles. The molecule has 36 heavy (non-hydrogen) atoms. The molecule has 0 atom stereocenters. The van der Waals surface area contributed by atoms with Crippen molar-refractivity contribution in [2.24, 2.45) is 0 Å². The average Bonchev–Trinajstić information content (AvgIpc) is 3.45. The van der Waals surface area contributed by atoms with E-state index in [2.05, 4.69) is 25.5 Å². The van der Waals surface area contributed by atoms with E-state index < -0.39 is 0 Å². The molecular weight excluding hydrogens is 458 g/mol. The number of benzene rings is 2. The van der Waals surface area contributed by atoms with Crippen molar-refractivity contribution in [3.05, 3.63) is 87.5 Å². The first kappa shape index (κ1) is 23.0. The molecule has 1 amide bonds. The molecule has 0 saturated heterocycles. The Labute approximate surface area is 206 Å². The second kappa shape index (κ2) is 9.14. The number of H-pyrrole nitrogens is 1. The van der Waals surface area contributed by atoms with Crippen LogP contribution < -0.4 is 15.6 Å². The SMILES string of the molecule is COc1ccc(CC(=O)Nc2cc(C)nn2-c2nc3c(cnn3-c3ccc(C)c(C)c3)c(=O)[nH]2)cc1. The van der Waals surface area contributed by atoms with Crippen LogP contribution in [0.15, 0.2) is 59.5 Å². The Morgan fingerprint density at radius 1 is 1.03 bits per heavy atom. The third kappa shape index (κ3) is 4.36. The average molecular weight is 484 g/mol. The summed E-state index contributed by atoms with van der Waals surface area (Å²) in [5.74, 6) is 1.06. The van der Waals surface area contributed by atoms with Gasteiger partial charge in [0.1, 0.15) is 17.0 Å². The third-order valence-corrected chi connectivity index (χ3v) is 5.98. The van der Waals surface area contributed by atoms with Crippen LogP contribution in [0.3, 0.4) is 0 Å². The van der Waals surface area contributed by atoms with E-state index in [9.17, 15) is 9.59 Å². The maximum Gasteiger partial charge on any atom is 0.263 e. The molecule has 5 aromatic rings. The van der Waals surface area contributed by atoms with Crippen molar-refractivity contribution in [2.75, 3.05) is 12.4 Å². The van der Waals surface area contributed by atoms with Crippen LogP contribution in [0.2, 0.25) is 0 Å². The predicted octanol–water partition coefficient (Wildman–Crippen LogP) is 3.41. The highest BCUT2D eigenvalue weighted by molar-refractivity contribution is 5.91. The number of nitrogens with one attached hydrogen (secondary N) is 2. The van der Waals surface area contributed by atoms with Gasteiger partial charge in [0.15, 0.2) is 5.65 Å². The van der Waals surface area contributed by atoms with Gasteiger partial charge in [-0.2, -0.15) is 19.9 Å². The summed E-state index contributed by atoms with van der Waals surface area (Å²) in [6, 6.07) is 14.9. The third-order valence-electron chi connectivity index (χ3n) is 5.98. The van der Waals surface area contributed by atoms with Gasteiger partial charge in [-0.15, -0.1) is 0 Å². The molecule has 2 N–H and O–H groups in total. The first-order valence-corrected chi connectivity index (χ1v) is 11.4. The summed E-state index contributed by atoms with van der Waals surface area (Å²) in [5.41, 5.74) is 4.58. The number of carbonyl (C=O) groups is 1. The van der Waals surface area contributed by atoms with Gasteiger partial charge in [-0.1, -0.05) is 18.2 Å². The molecule has 0 aliphatic rings. The van der Waals surface area contributed by atoms with Gasteiger partial charge >= 0.3 is 0 Å². The quantitative estimate of drug-likeness (QED) is 0.382. The molecule has 10 nitrogen and oxygen atoms in total. The van der Waals surface area contributed by atoms with Crippen LogP contribution in [0.25, 0.3) is 22.7 Å². The van der Waals surface area contributed by atoms with Gasteiger partial charge in [0.2, 0.25) is 11.9 Å². The van der Waals surface area contributed by atoms with E-state index in [1.54, 1.807) is 36.9 Å². The number of hydrogen-bond acceptors (Lipinski definition) is 6. The number of ether oxygens (including phenoxy) is 1. The molecule has 0 spiro atoms. The molecule has 2 aromatic carbocycles. The number of aryl methyl sites for hydroxylation is 3. The van der Waals surface area contributed by atoms with Crippen LogP contribution in [-0.4, -0.2) is 42.5 Å². The normalized spacial score (nSPS) is 11.1. The number of amides is 1. The Morgan fingerprint density at radius 2 is 1.81 bits per heavy atom. The van der Waals surface area contributed by atoms with Crippen LogP contribution in [0, 0.1) is 20.8 Å². The first-order valence-electron chi connectivity index (χ1n) is 11.4. The van der Waals surface area contributed by atoms with Crippen LogP contribution >= 0.6 is 0 Å². The van der Waals surface area contributed by atoms with Gasteiger partial charge < -0.3 is 10.1 Å². The lowest BCUT2D eigenvalue weighted by atomic mass is 10.1. The summed E-state index contributed by atoms with van der Waals surface area (Å²) in [6.45, 7) is 5.85. The zero-order valence-electron chi connectivity index (χ0n) is 20.4. The molecule has 0 saturated carbocycles. The van der Waals surface area contributed by atoms with Crippen LogP contribution in [-0.2, 0) is 11.2 Å². The van der Waals surface area contributed by atoms with Gasteiger partial charge in [0.25, 0.3) is 5.56 Å². The zero-order chi connectivity index (χ0) is 25.4. The van der Waals surface area contributed by atoms with E-state index in [1.807, 2.05) is 44.2 Å². The summed E-state index contributed by atoms with van der Waals surface area (Å²) >= 11 is 0. The Balaban J connectivity index is 1.49. The van der Waals surface area contributed by atoms with Crippen LogP contribution in [0.1, 0.15) is 22.4 Å². The topological polar surface area (TPSA) is 120 Å². The molecular formula is C26H25N7O3. The fourth-order valence-corrected chi connectivity index (χ4v) is 3.92. The minimum Gasteiger partial charge on any atom is -0.497 e. The maximum atomic E-state index is 12.9. The smallest absolute Gasteiger partial charge is 0.263 e. The number of nitrogens with zero attached hydrogens (tertiary/aromatic N) is 5. The van der Waals surface area contributed by atoms with E-state index in [0.717, 1.165) is 28.1 Å². The number of aromatic nitrogens is 6. The standard InChI is InChI=1S/C26H25N7O3/c1-15-5-8-19(11-16(15)2)32-24-21(14-27-32)25(35)30-26(29-24)33-22(12-17(3)31-33)28-23(34)13-18-6-9-20(36-4)10-7-18/h5-12,14H,13H2,1-4H3,(H,28,34)(H,29,30,35). The van der Waals surface area contributed by atoms with Crippen LogP contribution in [0.5, 0.6) is 5.75 Å². The molecule has 10 heteroatoms. The largest absolute Gasteiger partial charge is 0.497 e. The molecule has 0 bridgehead atoms. The van der Waals surface area contributed by atoms with E-state index in [-0.39, 0.29) is 23.8 Å². The monoisotopic (exact) mass is 483 g/mol. The van der Waals surface area contributed by atoms with Crippen molar-refractivity contribution >= 4 is 22.8 Å². The van der Waals surface area contributed by atoms with E-state index in [1.165, 1.54) is 10.9 Å². The summed E-state index contributed by atoms with van der Waals surface area (Å²) in [5, 5.41) is 12.1. The lowest BCUT2D eigenvalue weighted by molar-refractivity contribution is -0.115. The minimum absolute atomic E-state index is 0.163. The van der Waals surface area contributed by atoms with Crippen molar-refractivity contribution < 1.29 is 9.53 Å². The summed E-state index contributed by atoms with van der Waals surface area (Å²) in [6.07, 6.45) is 1.66. The first-order chi connectivity index (χ1) is 17.3. The predicted molar refractivity (Wildman–Crippen MR) is 136 cm³/mol. The minimum atomic E-state index is -0.353. The Kier molecular flexibility index (Phi) is 5.85. The molecule has 0 unspecified atom stereocenters. The number of aromatic amines is 1. The molecule has 0 aliphatic carbocycles. The zero-order valence-corrected chi connectivity index (χ0v) is 20.4. The van der Waals surface area contributed by atoms with Crippen molar-refractivity contribution in [1.29, 1.82) is 0 Å². The van der Waals surface area contributed by atoms with Crippen molar-refractivity contribution in [2.45, 2.75) is 27.2 Å². The van der Waals surface area contributed by atoms with Crippen LogP contribution in [0.4, 0.5) is 5.82 Å². The number of fused-ring (bicyclic) bond motifs is 1. The summed E-state index contributed by atoms with van der Waals surface area (Å²) in [4.78, 5) is 33.1. The van der Waals surface area contributed by atoms with E-state index in [0.29, 0.717) is 22.5 Å².